The molecule has 1 aliphatic rings. The van der Waals surface area contributed by atoms with E-state index < -0.39 is 0 Å². The first kappa shape index (κ1) is 10.2. The molecule has 0 N–H and O–H groups in total. The van der Waals surface area contributed by atoms with Crippen molar-refractivity contribution in [1.29, 1.82) is 0 Å². The molecule has 74 valence electrons. The third-order valence-electron chi connectivity index (χ3n) is 2.61. The summed E-state index contributed by atoms with van der Waals surface area (Å²) in [6.45, 7) is 3.75. The minimum Gasteiger partial charge on any atom is -0.469 e. The van der Waals surface area contributed by atoms with Gasteiger partial charge in [-0.15, -0.1) is 0 Å². The van der Waals surface area contributed by atoms with Crippen LogP contribution in [0.1, 0.15) is 33.1 Å². The molecule has 0 aromatic carbocycles. The molecule has 0 aromatic rings. The van der Waals surface area contributed by atoms with Gasteiger partial charge < -0.3 is 4.74 Å². The zero-order valence-corrected chi connectivity index (χ0v) is 8.42. The summed E-state index contributed by atoms with van der Waals surface area (Å²) in [4.78, 5) is 22.7. The molecule has 3 heteroatoms. The van der Waals surface area contributed by atoms with Gasteiger partial charge in [0.25, 0.3) is 0 Å². The Morgan fingerprint density at radius 1 is 1.38 bits per heavy atom. The molecule has 0 amide bonds. The molecule has 0 bridgehead atoms. The van der Waals surface area contributed by atoms with Gasteiger partial charge in [-0.1, -0.05) is 13.8 Å². The van der Waals surface area contributed by atoms with Crippen molar-refractivity contribution in [2.24, 2.45) is 11.3 Å². The third-order valence-corrected chi connectivity index (χ3v) is 2.61. The van der Waals surface area contributed by atoms with E-state index >= 15 is 0 Å². The maximum Gasteiger partial charge on any atom is 0.306 e. The van der Waals surface area contributed by atoms with E-state index in [1.54, 1.807) is 0 Å². The molecule has 0 aliphatic heterocycles. The van der Waals surface area contributed by atoms with E-state index in [1.165, 1.54) is 7.11 Å². The van der Waals surface area contributed by atoms with E-state index in [0.29, 0.717) is 0 Å². The number of carbonyl (C=O) groups is 2. The van der Waals surface area contributed by atoms with Crippen LogP contribution in [0, 0.1) is 11.3 Å². The van der Waals surface area contributed by atoms with Crippen LogP contribution in [0.25, 0.3) is 0 Å². The summed E-state index contributed by atoms with van der Waals surface area (Å²) in [7, 11) is 1.36. The second-order valence-corrected chi connectivity index (χ2v) is 4.05. The molecule has 1 aliphatic carbocycles. The molecule has 0 unspecified atom stereocenters. The predicted octanol–water partition coefficient (Wildman–Crippen LogP) is 1.55. The molecule has 0 atom stereocenters. The highest BCUT2D eigenvalue weighted by molar-refractivity contribution is 5.92. The Hall–Kier alpha value is -0.860. The van der Waals surface area contributed by atoms with Crippen molar-refractivity contribution in [3.63, 3.8) is 0 Å². The quantitative estimate of drug-likeness (QED) is 0.623. The maximum atomic E-state index is 11.7. The lowest BCUT2D eigenvalue weighted by Gasteiger charge is -2.14. The molecular weight excluding hydrogens is 168 g/mol. The van der Waals surface area contributed by atoms with E-state index in [9.17, 15) is 9.59 Å². The van der Waals surface area contributed by atoms with E-state index in [4.69, 9.17) is 0 Å². The van der Waals surface area contributed by atoms with Crippen molar-refractivity contribution in [3.8, 4) is 0 Å². The van der Waals surface area contributed by atoms with Crippen molar-refractivity contribution >= 4 is 11.8 Å². The number of methoxy groups -OCH3 is 1. The van der Waals surface area contributed by atoms with E-state index in [0.717, 1.165) is 12.8 Å². The van der Waals surface area contributed by atoms with Gasteiger partial charge in [-0.25, -0.2) is 0 Å². The van der Waals surface area contributed by atoms with Crippen molar-refractivity contribution in [2.45, 2.75) is 33.1 Å². The van der Waals surface area contributed by atoms with E-state index in [2.05, 4.69) is 4.74 Å². The van der Waals surface area contributed by atoms with Crippen molar-refractivity contribution in [1.82, 2.24) is 0 Å². The number of ketones is 1. The number of hydrogen-bond donors (Lipinski definition) is 0. The number of hydrogen-bond acceptors (Lipinski definition) is 3. The fourth-order valence-corrected chi connectivity index (χ4v) is 1.62. The first-order valence-electron chi connectivity index (χ1n) is 4.63. The second kappa shape index (κ2) is 3.48. The number of Topliss-reactive ketones (excluding diaryl/α,β-unsaturated/α-hetero) is 1. The highest BCUT2D eigenvalue weighted by atomic mass is 16.5. The van der Waals surface area contributed by atoms with Crippen LogP contribution in [0.15, 0.2) is 0 Å². The zero-order chi connectivity index (χ0) is 10.1. The van der Waals surface area contributed by atoms with Crippen LogP contribution in [0.3, 0.4) is 0 Å². The Kier molecular flexibility index (Phi) is 2.74. The van der Waals surface area contributed by atoms with Crippen molar-refractivity contribution < 1.29 is 14.3 Å². The van der Waals surface area contributed by atoms with Gasteiger partial charge in [0, 0.05) is 11.3 Å². The molecule has 13 heavy (non-hydrogen) atoms. The van der Waals surface area contributed by atoms with Crippen LogP contribution in [0.5, 0.6) is 0 Å². The molecule has 0 spiro atoms. The minimum atomic E-state index is -0.360. The zero-order valence-electron chi connectivity index (χ0n) is 8.42. The van der Waals surface area contributed by atoms with Crippen LogP contribution in [0.4, 0.5) is 0 Å². The monoisotopic (exact) mass is 184 g/mol. The Bertz CT molecular complexity index is 226. The first-order valence-corrected chi connectivity index (χ1v) is 4.63. The fraction of sp³-hybridized carbons (Fsp3) is 0.800. The topological polar surface area (TPSA) is 43.4 Å². The predicted molar refractivity (Wildman–Crippen MR) is 48.1 cm³/mol. The van der Waals surface area contributed by atoms with E-state index in [-0.39, 0.29) is 29.5 Å². The molecular formula is C10H16O3. The molecule has 0 radical (unpaired) electrons. The highest BCUT2D eigenvalue weighted by Crippen LogP contribution is 2.51. The van der Waals surface area contributed by atoms with Crippen molar-refractivity contribution in [3.05, 3.63) is 0 Å². The van der Waals surface area contributed by atoms with Gasteiger partial charge in [-0.3, -0.25) is 9.59 Å². The molecule has 1 saturated carbocycles. The lowest BCUT2D eigenvalue weighted by atomic mass is 9.89. The number of carbonyl (C=O) groups excluding carboxylic acids is 2. The fourth-order valence-electron chi connectivity index (χ4n) is 1.62. The summed E-state index contributed by atoms with van der Waals surface area (Å²) in [5.41, 5.74) is -0.360. The standard InChI is InChI=1S/C10H16O3/c1-7(2)9(12)10(4-5-10)6-8(11)13-3/h7H,4-6H2,1-3H3. The van der Waals surface area contributed by atoms with Gasteiger partial charge in [0.2, 0.25) is 0 Å². The van der Waals surface area contributed by atoms with Gasteiger partial charge in [-0.05, 0) is 12.8 Å². The molecule has 1 rings (SSSR count). The number of rotatable bonds is 4. The number of ether oxygens (including phenoxy) is 1. The molecule has 3 nitrogen and oxygen atoms in total. The Morgan fingerprint density at radius 3 is 2.23 bits per heavy atom. The van der Waals surface area contributed by atoms with E-state index in [1.807, 2.05) is 13.8 Å². The van der Waals surface area contributed by atoms with Crippen LogP contribution in [0.2, 0.25) is 0 Å². The first-order chi connectivity index (χ1) is 6.02. The molecule has 1 fully saturated rings. The SMILES string of the molecule is COC(=O)CC1(C(=O)C(C)C)CC1. The van der Waals surface area contributed by atoms with Crippen LogP contribution < -0.4 is 0 Å². The average molecular weight is 184 g/mol. The maximum absolute atomic E-state index is 11.7. The normalized spacial score (nSPS) is 18.5. The van der Waals surface area contributed by atoms with Gasteiger partial charge in [0.05, 0.1) is 13.5 Å². The van der Waals surface area contributed by atoms with Crippen LogP contribution >= 0.6 is 0 Å². The minimum absolute atomic E-state index is 0.0205. The summed E-state index contributed by atoms with van der Waals surface area (Å²) in [5.74, 6) is -0.0449. The summed E-state index contributed by atoms with van der Waals surface area (Å²) in [5, 5.41) is 0. The van der Waals surface area contributed by atoms with Crippen molar-refractivity contribution in [2.75, 3.05) is 7.11 Å². The third kappa shape index (κ3) is 2.08. The summed E-state index contributed by atoms with van der Waals surface area (Å²) in [6, 6.07) is 0. The Labute approximate surface area is 78.5 Å². The van der Waals surface area contributed by atoms with Gasteiger partial charge in [-0.2, -0.15) is 0 Å². The van der Waals surface area contributed by atoms with Crippen LogP contribution in [-0.4, -0.2) is 18.9 Å². The Morgan fingerprint density at radius 2 is 1.92 bits per heavy atom. The number of esters is 1. The molecule has 0 saturated heterocycles. The molecule has 0 heterocycles. The van der Waals surface area contributed by atoms with Gasteiger partial charge >= 0.3 is 5.97 Å². The average Bonchev–Trinajstić information content (AvgIpc) is 2.84. The summed E-state index contributed by atoms with van der Waals surface area (Å²) >= 11 is 0. The largest absolute Gasteiger partial charge is 0.469 e. The lowest BCUT2D eigenvalue weighted by molar-refractivity contribution is -0.145. The summed E-state index contributed by atoms with van der Waals surface area (Å²) in [6.07, 6.45) is 1.96. The van der Waals surface area contributed by atoms with Gasteiger partial charge in [0.1, 0.15) is 5.78 Å². The van der Waals surface area contributed by atoms with Gasteiger partial charge in [0.15, 0.2) is 0 Å². The smallest absolute Gasteiger partial charge is 0.306 e. The highest BCUT2D eigenvalue weighted by Gasteiger charge is 2.51. The summed E-state index contributed by atoms with van der Waals surface area (Å²) < 4.78 is 4.56. The molecule has 0 aromatic heterocycles. The second-order valence-electron chi connectivity index (χ2n) is 4.05. The van der Waals surface area contributed by atoms with Crippen LogP contribution in [-0.2, 0) is 14.3 Å². The lowest BCUT2D eigenvalue weighted by Crippen LogP contribution is -2.24. The Balaban J connectivity index is 2.57.